The van der Waals surface area contributed by atoms with Gasteiger partial charge >= 0.3 is 0 Å². The summed E-state index contributed by atoms with van der Waals surface area (Å²) < 4.78 is 1.08. The fourth-order valence-corrected chi connectivity index (χ4v) is 4.91. The van der Waals surface area contributed by atoms with Crippen LogP contribution in [0.5, 0.6) is 0 Å². The van der Waals surface area contributed by atoms with E-state index in [0.717, 1.165) is 47.9 Å². The Morgan fingerprint density at radius 2 is 1.71 bits per heavy atom. The highest BCUT2D eigenvalue weighted by molar-refractivity contribution is 7.18. The summed E-state index contributed by atoms with van der Waals surface area (Å²) in [7, 11) is 0. The van der Waals surface area contributed by atoms with Gasteiger partial charge in [-0.1, -0.05) is 42.5 Å². The number of anilines is 1. The van der Waals surface area contributed by atoms with E-state index in [-0.39, 0.29) is 0 Å². The van der Waals surface area contributed by atoms with Crippen LogP contribution in [0.3, 0.4) is 0 Å². The summed E-state index contributed by atoms with van der Waals surface area (Å²) in [6.45, 7) is 4.62. The highest BCUT2D eigenvalue weighted by atomic mass is 32.1. The minimum Gasteiger partial charge on any atom is -0.338 e. The standard InChI is InChI=1S/C24H22N6S/c25-16-19(23-27-21-8-4-5-9-22(21)31-23)20-10-11-26-24(28-20)30-14-12-29(13-15-30)17-18-6-2-1-3-7-18/h1-11,19H,12-15,17H2. The van der Waals surface area contributed by atoms with Gasteiger partial charge in [0.15, 0.2) is 0 Å². The Morgan fingerprint density at radius 1 is 0.935 bits per heavy atom. The van der Waals surface area contributed by atoms with Gasteiger partial charge in [0.05, 0.1) is 22.0 Å². The van der Waals surface area contributed by atoms with E-state index in [4.69, 9.17) is 4.98 Å². The molecule has 1 fully saturated rings. The first-order valence-electron chi connectivity index (χ1n) is 10.4. The molecule has 1 unspecified atom stereocenters. The molecule has 0 bridgehead atoms. The lowest BCUT2D eigenvalue weighted by atomic mass is 10.1. The fourth-order valence-electron chi connectivity index (χ4n) is 3.88. The van der Waals surface area contributed by atoms with Crippen LogP contribution in [0.1, 0.15) is 22.2 Å². The number of benzene rings is 2. The number of hydrogen-bond donors (Lipinski definition) is 0. The van der Waals surface area contributed by atoms with Crippen molar-refractivity contribution in [2.24, 2.45) is 0 Å². The first kappa shape index (κ1) is 19.6. The van der Waals surface area contributed by atoms with Gasteiger partial charge in [0, 0.05) is 38.9 Å². The zero-order chi connectivity index (χ0) is 21.0. The van der Waals surface area contributed by atoms with Crippen molar-refractivity contribution in [3.8, 4) is 6.07 Å². The molecule has 1 aliphatic heterocycles. The SMILES string of the molecule is N#CC(c1ccnc(N2CCN(Cc3ccccc3)CC2)n1)c1nc2ccccc2s1. The zero-order valence-electron chi connectivity index (χ0n) is 17.1. The molecule has 2 aromatic carbocycles. The van der Waals surface area contributed by atoms with Gasteiger partial charge in [0.25, 0.3) is 0 Å². The summed E-state index contributed by atoms with van der Waals surface area (Å²) in [4.78, 5) is 18.6. The van der Waals surface area contributed by atoms with Gasteiger partial charge < -0.3 is 4.90 Å². The number of nitrogens with zero attached hydrogens (tertiary/aromatic N) is 6. The predicted molar refractivity (Wildman–Crippen MR) is 123 cm³/mol. The Morgan fingerprint density at radius 3 is 2.48 bits per heavy atom. The van der Waals surface area contributed by atoms with E-state index in [9.17, 15) is 5.26 Å². The van der Waals surface area contributed by atoms with E-state index in [1.807, 2.05) is 30.3 Å². The summed E-state index contributed by atoms with van der Waals surface area (Å²) in [5, 5.41) is 10.6. The topological polar surface area (TPSA) is 68.9 Å². The van der Waals surface area contributed by atoms with Crippen LogP contribution in [0, 0.1) is 11.3 Å². The predicted octanol–water partition coefficient (Wildman–Crippen LogP) is 4.06. The molecule has 2 aromatic heterocycles. The van der Waals surface area contributed by atoms with Crippen molar-refractivity contribution in [3.63, 3.8) is 0 Å². The molecule has 7 heteroatoms. The van der Waals surface area contributed by atoms with E-state index in [0.29, 0.717) is 11.6 Å². The second-order valence-corrected chi connectivity index (χ2v) is 8.67. The number of aromatic nitrogens is 3. The molecule has 0 radical (unpaired) electrons. The molecule has 31 heavy (non-hydrogen) atoms. The van der Waals surface area contributed by atoms with Gasteiger partial charge in [-0.2, -0.15) is 5.26 Å². The normalized spacial score (nSPS) is 15.6. The zero-order valence-corrected chi connectivity index (χ0v) is 17.9. The molecule has 3 heterocycles. The van der Waals surface area contributed by atoms with E-state index >= 15 is 0 Å². The maximum atomic E-state index is 9.87. The van der Waals surface area contributed by atoms with Crippen molar-refractivity contribution in [2.45, 2.75) is 12.5 Å². The van der Waals surface area contributed by atoms with Crippen molar-refractivity contribution < 1.29 is 0 Å². The third-order valence-electron chi connectivity index (χ3n) is 5.55. The summed E-state index contributed by atoms with van der Waals surface area (Å²) in [6, 6.07) is 22.7. The number of nitriles is 1. The van der Waals surface area contributed by atoms with Gasteiger partial charge in [-0.3, -0.25) is 4.90 Å². The smallest absolute Gasteiger partial charge is 0.225 e. The number of rotatable bonds is 5. The van der Waals surface area contributed by atoms with Gasteiger partial charge in [-0.05, 0) is 23.8 Å². The fraction of sp³-hybridized carbons (Fsp3) is 0.250. The van der Waals surface area contributed by atoms with Gasteiger partial charge in [-0.15, -0.1) is 11.3 Å². The van der Waals surface area contributed by atoms with Crippen LogP contribution in [0.15, 0.2) is 66.9 Å². The Kier molecular flexibility index (Phi) is 5.57. The molecule has 0 saturated carbocycles. The largest absolute Gasteiger partial charge is 0.338 e. The van der Waals surface area contributed by atoms with Crippen molar-refractivity contribution in [2.75, 3.05) is 31.1 Å². The molecule has 6 nitrogen and oxygen atoms in total. The number of hydrogen-bond acceptors (Lipinski definition) is 7. The summed E-state index contributed by atoms with van der Waals surface area (Å²) in [5.74, 6) is 0.205. The Balaban J connectivity index is 1.30. The van der Waals surface area contributed by atoms with Gasteiger partial charge in [0.2, 0.25) is 5.95 Å². The average molecular weight is 427 g/mol. The molecule has 5 rings (SSSR count). The van der Waals surface area contributed by atoms with E-state index in [1.54, 1.807) is 17.5 Å². The average Bonchev–Trinajstić information content (AvgIpc) is 3.25. The highest BCUT2D eigenvalue weighted by Crippen LogP contribution is 2.31. The minimum atomic E-state index is -0.487. The van der Waals surface area contributed by atoms with Crippen molar-refractivity contribution >= 4 is 27.5 Å². The van der Waals surface area contributed by atoms with Crippen LogP contribution in [0.4, 0.5) is 5.95 Å². The molecule has 1 aliphatic rings. The lowest BCUT2D eigenvalue weighted by Gasteiger charge is -2.34. The maximum absolute atomic E-state index is 9.87. The second kappa shape index (κ2) is 8.80. The van der Waals surface area contributed by atoms with Crippen LogP contribution in [-0.2, 0) is 6.54 Å². The Bertz CT molecular complexity index is 1170. The summed E-state index contributed by atoms with van der Waals surface area (Å²) >= 11 is 1.55. The first-order chi connectivity index (χ1) is 15.3. The van der Waals surface area contributed by atoms with Crippen LogP contribution in [-0.4, -0.2) is 46.0 Å². The summed E-state index contributed by atoms with van der Waals surface area (Å²) in [6.07, 6.45) is 1.76. The maximum Gasteiger partial charge on any atom is 0.225 e. The third-order valence-corrected chi connectivity index (χ3v) is 6.65. The molecule has 0 spiro atoms. The number of fused-ring (bicyclic) bond motifs is 1. The van der Waals surface area contributed by atoms with E-state index < -0.39 is 5.92 Å². The number of piperazine rings is 1. The summed E-state index contributed by atoms with van der Waals surface area (Å²) in [5.41, 5.74) is 2.96. The minimum absolute atomic E-state index is 0.487. The molecular formula is C24H22N6S. The van der Waals surface area contributed by atoms with Crippen molar-refractivity contribution in [3.05, 3.63) is 83.1 Å². The van der Waals surface area contributed by atoms with Gasteiger partial charge in [-0.25, -0.2) is 15.0 Å². The molecule has 4 aromatic rings. The number of para-hydroxylation sites is 1. The second-order valence-electron chi connectivity index (χ2n) is 7.61. The highest BCUT2D eigenvalue weighted by Gasteiger charge is 2.23. The van der Waals surface area contributed by atoms with Crippen LogP contribution < -0.4 is 4.90 Å². The van der Waals surface area contributed by atoms with Gasteiger partial charge in [0.1, 0.15) is 10.9 Å². The molecule has 0 amide bonds. The van der Waals surface area contributed by atoms with Crippen molar-refractivity contribution in [1.29, 1.82) is 5.26 Å². The molecular weight excluding hydrogens is 404 g/mol. The Hall–Kier alpha value is -3.34. The monoisotopic (exact) mass is 426 g/mol. The molecule has 0 aliphatic carbocycles. The molecule has 0 N–H and O–H groups in total. The molecule has 1 saturated heterocycles. The Labute approximate surface area is 185 Å². The third kappa shape index (κ3) is 4.26. The lowest BCUT2D eigenvalue weighted by molar-refractivity contribution is 0.248. The molecule has 1 atom stereocenters. The van der Waals surface area contributed by atoms with Crippen LogP contribution in [0.25, 0.3) is 10.2 Å². The van der Waals surface area contributed by atoms with E-state index in [2.05, 4.69) is 56.2 Å². The van der Waals surface area contributed by atoms with Crippen LogP contribution in [0.2, 0.25) is 0 Å². The lowest BCUT2D eigenvalue weighted by Crippen LogP contribution is -2.46. The van der Waals surface area contributed by atoms with E-state index in [1.165, 1.54) is 5.56 Å². The first-order valence-corrected chi connectivity index (χ1v) is 11.2. The van der Waals surface area contributed by atoms with Crippen molar-refractivity contribution in [1.82, 2.24) is 19.9 Å². The quantitative estimate of drug-likeness (QED) is 0.479. The van der Waals surface area contributed by atoms with Crippen LogP contribution >= 0.6 is 11.3 Å². The molecule has 154 valence electrons. The number of thiazole rings is 1.